The lowest BCUT2D eigenvalue weighted by Crippen LogP contribution is -2.44. The van der Waals surface area contributed by atoms with Gasteiger partial charge in [0, 0.05) is 40.7 Å². The number of hydrogen-bond donors (Lipinski definition) is 3. The Labute approximate surface area is 250 Å². The molecular formula is C33H34ClN3O5. The van der Waals surface area contributed by atoms with Crippen molar-refractivity contribution in [1.82, 2.24) is 4.90 Å². The second-order valence-corrected chi connectivity index (χ2v) is 11.3. The van der Waals surface area contributed by atoms with E-state index in [9.17, 15) is 24.6 Å². The fraction of sp³-hybridized carbons (Fsp3) is 0.303. The normalized spacial score (nSPS) is 20.7. The molecule has 0 aromatic heterocycles. The van der Waals surface area contributed by atoms with E-state index >= 15 is 0 Å². The third kappa shape index (κ3) is 5.83. The standard InChI is InChI=1S/C33H34ClN3O5/c1-22(8-5-14-30(39)36-17-7-13-27(36)21-38)33(42)28-19-25(34)15-16-29(28)37(32(33)41)20-23-9-6-12-26(18-23)35-31(40)24-10-3-2-4-11-24/h2-6,8-12,15-16,18-19,22,27,38,42H,7,13-14,17,20-21H2,1H3,(H,35,40)/b8-5+/t22-,27-,33+/m0/s1. The highest BCUT2D eigenvalue weighted by Crippen LogP contribution is 2.46. The first-order valence-electron chi connectivity index (χ1n) is 14.1. The van der Waals surface area contributed by atoms with Crippen molar-refractivity contribution in [3.63, 3.8) is 0 Å². The average Bonchev–Trinajstić information content (AvgIpc) is 3.56. The first kappa shape index (κ1) is 29.5. The molecule has 2 heterocycles. The second-order valence-electron chi connectivity index (χ2n) is 10.8. The Bertz CT molecular complexity index is 1510. The van der Waals surface area contributed by atoms with Crippen molar-refractivity contribution in [3.05, 3.63) is 107 Å². The molecule has 2 aliphatic rings. The quantitative estimate of drug-likeness (QED) is 0.309. The van der Waals surface area contributed by atoms with Gasteiger partial charge in [-0.1, -0.05) is 61.0 Å². The van der Waals surface area contributed by atoms with E-state index in [1.165, 1.54) is 4.90 Å². The Morgan fingerprint density at radius 1 is 1.12 bits per heavy atom. The number of fused-ring (bicyclic) bond motifs is 1. The first-order chi connectivity index (χ1) is 20.2. The number of likely N-dealkylation sites (tertiary alicyclic amines) is 1. The zero-order chi connectivity index (χ0) is 29.9. The van der Waals surface area contributed by atoms with Gasteiger partial charge in [0.25, 0.3) is 11.8 Å². The molecule has 0 saturated carbocycles. The number of rotatable bonds is 9. The maximum Gasteiger partial charge on any atom is 0.264 e. The molecule has 3 aromatic carbocycles. The van der Waals surface area contributed by atoms with Crippen LogP contribution >= 0.6 is 11.6 Å². The van der Waals surface area contributed by atoms with Crippen LogP contribution in [-0.2, 0) is 21.7 Å². The number of carbonyl (C=O) groups is 3. The molecular weight excluding hydrogens is 554 g/mol. The molecule has 2 aliphatic heterocycles. The summed E-state index contributed by atoms with van der Waals surface area (Å²) in [6.07, 6.45) is 5.12. The molecule has 3 aromatic rings. The predicted molar refractivity (Wildman–Crippen MR) is 162 cm³/mol. The Balaban J connectivity index is 1.34. The minimum absolute atomic E-state index is 0.0597. The van der Waals surface area contributed by atoms with E-state index in [4.69, 9.17) is 11.6 Å². The zero-order valence-electron chi connectivity index (χ0n) is 23.4. The van der Waals surface area contributed by atoms with Crippen molar-refractivity contribution >= 4 is 40.7 Å². The summed E-state index contributed by atoms with van der Waals surface area (Å²) in [7, 11) is 0. The Morgan fingerprint density at radius 2 is 1.90 bits per heavy atom. The molecule has 0 aliphatic carbocycles. The van der Waals surface area contributed by atoms with Gasteiger partial charge in [0.15, 0.2) is 5.60 Å². The lowest BCUT2D eigenvalue weighted by Gasteiger charge is -2.28. The molecule has 1 fully saturated rings. The van der Waals surface area contributed by atoms with Crippen molar-refractivity contribution in [1.29, 1.82) is 0 Å². The molecule has 9 heteroatoms. The number of benzene rings is 3. The fourth-order valence-electron chi connectivity index (χ4n) is 5.78. The van der Waals surface area contributed by atoms with Crippen LogP contribution in [0, 0.1) is 5.92 Å². The lowest BCUT2D eigenvalue weighted by atomic mass is 9.83. The van der Waals surface area contributed by atoms with Crippen LogP contribution in [0.2, 0.25) is 5.02 Å². The van der Waals surface area contributed by atoms with Crippen molar-refractivity contribution in [2.45, 2.75) is 44.4 Å². The van der Waals surface area contributed by atoms with Crippen LogP contribution in [0.1, 0.15) is 47.7 Å². The predicted octanol–water partition coefficient (Wildman–Crippen LogP) is 4.89. The topological polar surface area (TPSA) is 110 Å². The summed E-state index contributed by atoms with van der Waals surface area (Å²) in [5.74, 6) is -1.50. The summed E-state index contributed by atoms with van der Waals surface area (Å²) in [6, 6.07) is 21.0. The first-order valence-corrected chi connectivity index (χ1v) is 14.5. The van der Waals surface area contributed by atoms with Gasteiger partial charge in [0.05, 0.1) is 24.9 Å². The van der Waals surface area contributed by atoms with E-state index in [1.807, 2.05) is 12.1 Å². The fourth-order valence-corrected chi connectivity index (χ4v) is 5.95. The van der Waals surface area contributed by atoms with Gasteiger partial charge in [0.2, 0.25) is 5.91 Å². The van der Waals surface area contributed by atoms with Crippen LogP contribution in [0.3, 0.4) is 0 Å². The van der Waals surface area contributed by atoms with Gasteiger partial charge in [-0.2, -0.15) is 0 Å². The smallest absolute Gasteiger partial charge is 0.264 e. The van der Waals surface area contributed by atoms with Crippen LogP contribution in [0.5, 0.6) is 0 Å². The van der Waals surface area contributed by atoms with Crippen LogP contribution < -0.4 is 10.2 Å². The SMILES string of the molecule is C[C@@H](/C=C/CC(=O)N1CCC[C@H]1CO)[C@]1(O)C(=O)N(Cc2cccc(NC(=O)c3ccccc3)c2)c2ccc(Cl)cc21. The van der Waals surface area contributed by atoms with Gasteiger partial charge in [-0.25, -0.2) is 0 Å². The Kier molecular flexibility index (Phi) is 8.77. The van der Waals surface area contributed by atoms with Crippen molar-refractivity contribution in [3.8, 4) is 0 Å². The number of hydrogen-bond acceptors (Lipinski definition) is 5. The highest BCUT2D eigenvalue weighted by Gasteiger charge is 2.52. The van der Waals surface area contributed by atoms with Crippen molar-refractivity contribution < 1.29 is 24.6 Å². The van der Waals surface area contributed by atoms with Crippen LogP contribution in [-0.4, -0.2) is 52.0 Å². The number of nitrogens with one attached hydrogen (secondary N) is 1. The third-order valence-corrected chi connectivity index (χ3v) is 8.31. The number of halogens is 1. The monoisotopic (exact) mass is 587 g/mol. The number of anilines is 2. The minimum atomic E-state index is -1.89. The maximum atomic E-state index is 13.9. The number of carbonyl (C=O) groups excluding carboxylic acids is 3. The molecule has 0 radical (unpaired) electrons. The van der Waals surface area contributed by atoms with Gasteiger partial charge in [-0.05, 0) is 60.9 Å². The number of nitrogens with zero attached hydrogens (tertiary/aromatic N) is 2. The summed E-state index contributed by atoms with van der Waals surface area (Å²) < 4.78 is 0. The van der Waals surface area contributed by atoms with Gasteiger partial charge in [0.1, 0.15) is 0 Å². The van der Waals surface area contributed by atoms with E-state index in [1.54, 1.807) is 84.6 Å². The molecule has 3 atom stereocenters. The van der Waals surface area contributed by atoms with Crippen molar-refractivity contribution in [2.75, 3.05) is 23.4 Å². The van der Waals surface area contributed by atoms with Crippen LogP contribution in [0.25, 0.3) is 0 Å². The molecule has 5 rings (SSSR count). The number of aliphatic hydroxyl groups excluding tert-OH is 1. The van der Waals surface area contributed by atoms with Gasteiger partial charge in [-0.3, -0.25) is 14.4 Å². The summed E-state index contributed by atoms with van der Waals surface area (Å²) in [6.45, 7) is 2.46. The lowest BCUT2D eigenvalue weighted by molar-refractivity contribution is -0.139. The highest BCUT2D eigenvalue weighted by atomic mass is 35.5. The molecule has 3 N–H and O–H groups in total. The number of amides is 3. The van der Waals surface area contributed by atoms with E-state index in [-0.39, 0.29) is 37.4 Å². The Hall–Kier alpha value is -3.98. The average molecular weight is 588 g/mol. The van der Waals surface area contributed by atoms with E-state index < -0.39 is 17.4 Å². The molecule has 1 saturated heterocycles. The third-order valence-electron chi connectivity index (χ3n) is 8.08. The van der Waals surface area contributed by atoms with E-state index in [0.717, 1.165) is 18.4 Å². The summed E-state index contributed by atoms with van der Waals surface area (Å²) in [5.41, 5.74) is 0.937. The molecule has 0 bridgehead atoms. The molecule has 0 spiro atoms. The Morgan fingerprint density at radius 3 is 2.67 bits per heavy atom. The molecule has 0 unspecified atom stereocenters. The zero-order valence-corrected chi connectivity index (χ0v) is 24.1. The van der Waals surface area contributed by atoms with Gasteiger partial charge in [-0.15, -0.1) is 0 Å². The van der Waals surface area contributed by atoms with Crippen molar-refractivity contribution in [2.24, 2.45) is 5.92 Å². The maximum absolute atomic E-state index is 13.9. The largest absolute Gasteiger partial charge is 0.394 e. The van der Waals surface area contributed by atoms with E-state index in [0.29, 0.717) is 34.1 Å². The summed E-state index contributed by atoms with van der Waals surface area (Å²) >= 11 is 6.31. The number of aliphatic hydroxyl groups is 2. The van der Waals surface area contributed by atoms with E-state index in [2.05, 4.69) is 5.32 Å². The van der Waals surface area contributed by atoms with Crippen LogP contribution in [0.15, 0.2) is 84.9 Å². The molecule has 42 heavy (non-hydrogen) atoms. The highest BCUT2D eigenvalue weighted by molar-refractivity contribution is 6.31. The second kappa shape index (κ2) is 12.5. The van der Waals surface area contributed by atoms with Gasteiger partial charge >= 0.3 is 0 Å². The summed E-state index contributed by atoms with van der Waals surface area (Å²) in [5, 5.41) is 24.7. The molecule has 8 nitrogen and oxygen atoms in total. The molecule has 218 valence electrons. The van der Waals surface area contributed by atoms with Gasteiger partial charge < -0.3 is 25.3 Å². The van der Waals surface area contributed by atoms with Crippen LogP contribution in [0.4, 0.5) is 11.4 Å². The molecule has 3 amide bonds. The summed E-state index contributed by atoms with van der Waals surface area (Å²) in [4.78, 5) is 42.5. The minimum Gasteiger partial charge on any atom is -0.394 e.